The van der Waals surface area contributed by atoms with E-state index in [1.807, 2.05) is 31.0 Å². The van der Waals surface area contributed by atoms with Crippen LogP contribution in [-0.2, 0) is 4.79 Å². The molecular formula is C16H27Cl2N3O. The summed E-state index contributed by atoms with van der Waals surface area (Å²) in [6.45, 7) is 10.5. The minimum Gasteiger partial charge on any atom is -0.323 e. The van der Waals surface area contributed by atoms with E-state index in [0.717, 1.165) is 31.7 Å². The van der Waals surface area contributed by atoms with Crippen molar-refractivity contribution in [1.29, 1.82) is 0 Å². The van der Waals surface area contributed by atoms with Gasteiger partial charge in [-0.05, 0) is 38.7 Å². The number of nitrogens with zero attached hydrogens (tertiary/aromatic N) is 2. The zero-order valence-corrected chi connectivity index (χ0v) is 15.4. The van der Waals surface area contributed by atoms with Gasteiger partial charge in [0.15, 0.2) is 0 Å². The molecule has 0 saturated heterocycles. The highest BCUT2D eigenvalue weighted by atomic mass is 35.5. The Bertz CT molecular complexity index is 444. The first-order valence-electron chi connectivity index (χ1n) is 7.43. The molecule has 4 nitrogen and oxygen atoms in total. The molecule has 126 valence electrons. The number of anilines is 1. The predicted octanol–water partition coefficient (Wildman–Crippen LogP) is 3.28. The molecule has 0 aromatic heterocycles. The van der Waals surface area contributed by atoms with Crippen LogP contribution in [0.15, 0.2) is 18.2 Å². The van der Waals surface area contributed by atoms with Crippen LogP contribution in [0.2, 0.25) is 5.02 Å². The molecule has 6 heteroatoms. The first-order chi connectivity index (χ1) is 9.97. The highest BCUT2D eigenvalue weighted by Crippen LogP contribution is 2.24. The van der Waals surface area contributed by atoms with Crippen LogP contribution in [0, 0.1) is 6.92 Å². The Labute approximate surface area is 145 Å². The zero-order chi connectivity index (χ0) is 15.8. The molecular weight excluding hydrogens is 321 g/mol. The van der Waals surface area contributed by atoms with Crippen molar-refractivity contribution in [2.24, 2.45) is 0 Å². The van der Waals surface area contributed by atoms with Crippen LogP contribution in [0.4, 0.5) is 5.69 Å². The highest BCUT2D eigenvalue weighted by molar-refractivity contribution is 6.33. The second kappa shape index (κ2) is 10.8. The number of para-hydroxylation sites is 1. The molecule has 0 fully saturated rings. The molecule has 1 N–H and O–H groups in total. The Morgan fingerprint density at radius 3 is 2.41 bits per heavy atom. The van der Waals surface area contributed by atoms with E-state index < -0.39 is 0 Å². The molecule has 0 radical (unpaired) electrons. The van der Waals surface area contributed by atoms with Crippen LogP contribution in [0.25, 0.3) is 0 Å². The topological polar surface area (TPSA) is 35.6 Å². The van der Waals surface area contributed by atoms with E-state index in [-0.39, 0.29) is 18.3 Å². The number of carbonyl (C=O) groups excluding carboxylic acids is 1. The molecule has 0 atom stereocenters. The molecule has 0 aliphatic rings. The summed E-state index contributed by atoms with van der Waals surface area (Å²) in [7, 11) is 1.96. The molecule has 1 rings (SSSR count). The Morgan fingerprint density at radius 1 is 1.23 bits per heavy atom. The van der Waals surface area contributed by atoms with Gasteiger partial charge in [-0.3, -0.25) is 9.69 Å². The summed E-state index contributed by atoms with van der Waals surface area (Å²) in [4.78, 5) is 16.5. The molecule has 1 amide bonds. The van der Waals surface area contributed by atoms with Crippen molar-refractivity contribution < 1.29 is 4.79 Å². The quantitative estimate of drug-likeness (QED) is 0.783. The smallest absolute Gasteiger partial charge is 0.238 e. The van der Waals surface area contributed by atoms with Crippen molar-refractivity contribution in [2.75, 3.05) is 45.1 Å². The molecule has 0 unspecified atom stereocenters. The largest absolute Gasteiger partial charge is 0.323 e. The van der Waals surface area contributed by atoms with E-state index in [2.05, 4.69) is 24.1 Å². The maximum atomic E-state index is 12.1. The van der Waals surface area contributed by atoms with Gasteiger partial charge >= 0.3 is 0 Å². The van der Waals surface area contributed by atoms with Gasteiger partial charge < -0.3 is 10.2 Å². The van der Waals surface area contributed by atoms with Crippen LogP contribution in [0.5, 0.6) is 0 Å². The molecule has 1 aromatic carbocycles. The van der Waals surface area contributed by atoms with Crippen molar-refractivity contribution in [2.45, 2.75) is 20.8 Å². The first-order valence-corrected chi connectivity index (χ1v) is 7.81. The lowest BCUT2D eigenvalue weighted by molar-refractivity contribution is -0.117. The number of hydrogen-bond donors (Lipinski definition) is 1. The molecule has 0 saturated carbocycles. The maximum absolute atomic E-state index is 12.1. The number of aryl methyl sites for hydroxylation is 1. The Hall–Kier alpha value is -0.810. The molecule has 0 aliphatic carbocycles. The molecule has 0 bridgehead atoms. The van der Waals surface area contributed by atoms with E-state index in [4.69, 9.17) is 11.6 Å². The summed E-state index contributed by atoms with van der Waals surface area (Å²) in [6.07, 6.45) is 0. The normalized spacial score (nSPS) is 10.7. The number of amides is 1. The summed E-state index contributed by atoms with van der Waals surface area (Å²) in [6, 6.07) is 5.60. The Balaban J connectivity index is 0.00000441. The summed E-state index contributed by atoms with van der Waals surface area (Å²) >= 11 is 6.12. The molecule has 22 heavy (non-hydrogen) atoms. The standard InChI is InChI=1S/C16H26ClN3O.ClH/c1-5-20(6-2)11-10-19(4)12-15(21)18-16-13(3)8-7-9-14(16)17;/h7-9H,5-6,10-12H2,1-4H3,(H,18,21);1H. The number of rotatable bonds is 8. The zero-order valence-electron chi connectivity index (χ0n) is 13.9. The maximum Gasteiger partial charge on any atom is 0.238 e. The fourth-order valence-corrected chi connectivity index (χ4v) is 2.41. The number of halogens is 2. The lowest BCUT2D eigenvalue weighted by Gasteiger charge is -2.22. The van der Waals surface area contributed by atoms with Gasteiger partial charge in [0.25, 0.3) is 0 Å². The van der Waals surface area contributed by atoms with E-state index in [1.165, 1.54) is 0 Å². The minimum absolute atomic E-state index is 0. The third-order valence-corrected chi connectivity index (χ3v) is 3.91. The van der Waals surface area contributed by atoms with Gasteiger partial charge in [0.1, 0.15) is 0 Å². The van der Waals surface area contributed by atoms with Crippen molar-refractivity contribution in [3.63, 3.8) is 0 Å². The lowest BCUT2D eigenvalue weighted by atomic mass is 10.2. The van der Waals surface area contributed by atoms with Crippen LogP contribution in [-0.4, -0.2) is 55.5 Å². The number of nitrogens with one attached hydrogen (secondary N) is 1. The third-order valence-electron chi connectivity index (χ3n) is 3.59. The number of carbonyl (C=O) groups is 1. The molecule has 0 aliphatic heterocycles. The second-order valence-electron chi connectivity index (χ2n) is 5.24. The lowest BCUT2D eigenvalue weighted by Crippen LogP contribution is -2.37. The molecule has 0 spiro atoms. The van der Waals surface area contributed by atoms with Crippen LogP contribution in [0.1, 0.15) is 19.4 Å². The predicted molar refractivity (Wildman–Crippen MR) is 97.4 cm³/mol. The van der Waals surface area contributed by atoms with Gasteiger partial charge in [-0.15, -0.1) is 12.4 Å². The second-order valence-corrected chi connectivity index (χ2v) is 5.65. The van der Waals surface area contributed by atoms with Gasteiger partial charge in [0, 0.05) is 13.1 Å². The van der Waals surface area contributed by atoms with Crippen molar-refractivity contribution >= 4 is 35.6 Å². The average Bonchev–Trinajstić information content (AvgIpc) is 2.44. The van der Waals surface area contributed by atoms with Crippen LogP contribution < -0.4 is 5.32 Å². The van der Waals surface area contributed by atoms with E-state index >= 15 is 0 Å². The first kappa shape index (κ1) is 21.2. The highest BCUT2D eigenvalue weighted by Gasteiger charge is 2.11. The van der Waals surface area contributed by atoms with Crippen molar-refractivity contribution in [3.8, 4) is 0 Å². The Kier molecular flexibility index (Phi) is 10.4. The minimum atomic E-state index is -0.0340. The summed E-state index contributed by atoms with van der Waals surface area (Å²) < 4.78 is 0. The SMILES string of the molecule is CCN(CC)CCN(C)CC(=O)Nc1c(C)cccc1Cl.Cl. The van der Waals surface area contributed by atoms with Crippen molar-refractivity contribution in [1.82, 2.24) is 9.80 Å². The van der Waals surface area contributed by atoms with Crippen molar-refractivity contribution in [3.05, 3.63) is 28.8 Å². The van der Waals surface area contributed by atoms with Crippen LogP contribution in [0.3, 0.4) is 0 Å². The van der Waals surface area contributed by atoms with Gasteiger partial charge in [-0.1, -0.05) is 37.6 Å². The fraction of sp³-hybridized carbons (Fsp3) is 0.562. The third kappa shape index (κ3) is 6.97. The van der Waals surface area contributed by atoms with E-state index in [0.29, 0.717) is 17.3 Å². The molecule has 1 aromatic rings. The van der Waals surface area contributed by atoms with Crippen LogP contribution >= 0.6 is 24.0 Å². The summed E-state index contributed by atoms with van der Waals surface area (Å²) in [5.74, 6) is -0.0340. The average molecular weight is 348 g/mol. The van der Waals surface area contributed by atoms with E-state index in [9.17, 15) is 4.79 Å². The van der Waals surface area contributed by atoms with Gasteiger partial charge in [0.05, 0.1) is 17.3 Å². The Morgan fingerprint density at radius 2 is 1.86 bits per heavy atom. The van der Waals surface area contributed by atoms with Gasteiger partial charge in [-0.2, -0.15) is 0 Å². The van der Waals surface area contributed by atoms with Gasteiger partial charge in [0.2, 0.25) is 5.91 Å². The summed E-state index contributed by atoms with van der Waals surface area (Å²) in [5, 5.41) is 3.48. The van der Waals surface area contributed by atoms with E-state index in [1.54, 1.807) is 6.07 Å². The number of hydrogen-bond acceptors (Lipinski definition) is 3. The monoisotopic (exact) mass is 347 g/mol. The number of likely N-dealkylation sites (N-methyl/N-ethyl adjacent to an activating group) is 2. The summed E-state index contributed by atoms with van der Waals surface area (Å²) in [5.41, 5.74) is 1.68. The number of benzene rings is 1. The van der Waals surface area contributed by atoms with Gasteiger partial charge in [-0.25, -0.2) is 0 Å². The molecule has 0 heterocycles. The fourth-order valence-electron chi connectivity index (χ4n) is 2.15.